The Morgan fingerprint density at radius 3 is 2.75 bits per heavy atom. The van der Waals surface area contributed by atoms with E-state index in [4.69, 9.17) is 18.8 Å². The largest absolute Gasteiger partial charge is 0.492 e. The Hall–Kier alpha value is -4.24. The Bertz CT molecular complexity index is 1180. The molecule has 0 atom stereocenters. The van der Waals surface area contributed by atoms with Crippen LogP contribution in [0, 0.1) is 28.6 Å². The summed E-state index contributed by atoms with van der Waals surface area (Å²) in [7, 11) is 0. The van der Waals surface area contributed by atoms with Crippen molar-refractivity contribution < 1.29 is 18.4 Å². The number of furan rings is 1. The van der Waals surface area contributed by atoms with Crippen molar-refractivity contribution in [2.75, 3.05) is 29.9 Å². The van der Waals surface area contributed by atoms with Gasteiger partial charge in [0.15, 0.2) is 5.76 Å². The zero-order valence-corrected chi connectivity index (χ0v) is 17.5. The van der Waals surface area contributed by atoms with Crippen molar-refractivity contribution >= 4 is 17.5 Å². The number of ether oxygens (including phenoxy) is 1. The number of benzene rings is 1. The summed E-state index contributed by atoms with van der Waals surface area (Å²) in [4.78, 5) is 19.0. The van der Waals surface area contributed by atoms with E-state index in [2.05, 4.69) is 22.4 Å². The van der Waals surface area contributed by atoms with E-state index >= 15 is 0 Å². The molecule has 3 heterocycles. The van der Waals surface area contributed by atoms with Gasteiger partial charge in [0.05, 0.1) is 30.2 Å². The highest BCUT2D eigenvalue weighted by molar-refractivity contribution is 5.94. The number of hydrogen-bond acceptors (Lipinski definition) is 8. The number of aromatic nitrogens is 1. The molecule has 9 heteroatoms. The molecule has 1 aliphatic rings. The van der Waals surface area contributed by atoms with Crippen LogP contribution in [-0.4, -0.2) is 30.6 Å². The lowest BCUT2D eigenvalue weighted by Crippen LogP contribution is -2.38. The van der Waals surface area contributed by atoms with Gasteiger partial charge in [-0.05, 0) is 50.1 Å². The summed E-state index contributed by atoms with van der Waals surface area (Å²) in [5.74, 6) is 1.27. The zero-order valence-electron chi connectivity index (χ0n) is 17.5. The standard InChI is InChI=1S/C23H21N5O4/c1-2-30-19-6-5-15(13-24)12-17(19)26-21(29)16-7-9-28(10-8-16)23-18(14-25)27-22(32-23)20-4-3-11-31-20/h3-6,11-12,16H,2,7-10H2,1H3,(H,26,29). The number of carbonyl (C=O) groups is 1. The summed E-state index contributed by atoms with van der Waals surface area (Å²) in [6.07, 6.45) is 2.67. The Kier molecular flexibility index (Phi) is 6.09. The SMILES string of the molecule is CCOc1ccc(C#N)cc1NC(=O)C1CCN(c2oc(-c3ccco3)nc2C#N)CC1. The number of anilines is 2. The quantitative estimate of drug-likeness (QED) is 0.622. The molecule has 0 saturated carbocycles. The highest BCUT2D eigenvalue weighted by Gasteiger charge is 2.29. The molecule has 1 aliphatic heterocycles. The van der Waals surface area contributed by atoms with E-state index in [9.17, 15) is 10.1 Å². The van der Waals surface area contributed by atoms with Gasteiger partial charge in [0, 0.05) is 19.0 Å². The zero-order chi connectivity index (χ0) is 22.5. The second-order valence-electron chi connectivity index (χ2n) is 7.27. The van der Waals surface area contributed by atoms with E-state index in [1.807, 2.05) is 11.8 Å². The van der Waals surface area contributed by atoms with Crippen LogP contribution < -0.4 is 15.0 Å². The molecule has 162 valence electrons. The first-order valence-corrected chi connectivity index (χ1v) is 10.3. The molecule has 0 unspecified atom stereocenters. The number of nitrogens with one attached hydrogen (secondary N) is 1. The van der Waals surface area contributed by atoms with Crippen LogP contribution in [0.2, 0.25) is 0 Å². The van der Waals surface area contributed by atoms with Crippen LogP contribution in [0.4, 0.5) is 11.6 Å². The van der Waals surface area contributed by atoms with Gasteiger partial charge in [-0.1, -0.05) is 0 Å². The molecule has 2 aromatic heterocycles. The molecule has 9 nitrogen and oxygen atoms in total. The fraction of sp³-hybridized carbons (Fsp3) is 0.304. The molecule has 0 aliphatic carbocycles. The molecule has 1 amide bonds. The molecule has 1 saturated heterocycles. The maximum atomic E-state index is 12.9. The summed E-state index contributed by atoms with van der Waals surface area (Å²) >= 11 is 0. The normalized spacial score (nSPS) is 13.9. The van der Waals surface area contributed by atoms with Crippen LogP contribution in [0.1, 0.15) is 31.0 Å². The lowest BCUT2D eigenvalue weighted by molar-refractivity contribution is -0.120. The second-order valence-corrected chi connectivity index (χ2v) is 7.27. The molecule has 4 rings (SSSR count). The fourth-order valence-electron chi connectivity index (χ4n) is 3.66. The van der Waals surface area contributed by atoms with E-state index < -0.39 is 0 Å². The van der Waals surface area contributed by atoms with E-state index in [0.29, 0.717) is 61.2 Å². The number of nitriles is 2. The Balaban J connectivity index is 1.43. The van der Waals surface area contributed by atoms with Crippen LogP contribution in [0.15, 0.2) is 45.4 Å². The van der Waals surface area contributed by atoms with Crippen LogP contribution in [0.3, 0.4) is 0 Å². The van der Waals surface area contributed by atoms with Gasteiger partial charge in [0.25, 0.3) is 5.89 Å². The van der Waals surface area contributed by atoms with Crippen molar-refractivity contribution in [2.24, 2.45) is 5.92 Å². The summed E-state index contributed by atoms with van der Waals surface area (Å²) in [5.41, 5.74) is 1.12. The van der Waals surface area contributed by atoms with Gasteiger partial charge in [0.2, 0.25) is 17.5 Å². The third kappa shape index (κ3) is 4.28. The summed E-state index contributed by atoms with van der Waals surface area (Å²) < 4.78 is 16.7. The van der Waals surface area contributed by atoms with Crippen molar-refractivity contribution in [2.45, 2.75) is 19.8 Å². The van der Waals surface area contributed by atoms with Gasteiger partial charge in [-0.15, -0.1) is 0 Å². The maximum Gasteiger partial charge on any atom is 0.266 e. The predicted octanol–water partition coefficient (Wildman–Crippen LogP) is 3.93. The predicted molar refractivity (Wildman–Crippen MR) is 115 cm³/mol. The van der Waals surface area contributed by atoms with Crippen molar-refractivity contribution in [3.05, 3.63) is 47.9 Å². The van der Waals surface area contributed by atoms with E-state index in [0.717, 1.165) is 0 Å². The minimum atomic E-state index is -0.218. The average molecular weight is 431 g/mol. The van der Waals surface area contributed by atoms with E-state index in [-0.39, 0.29) is 23.4 Å². The molecule has 3 aromatic rings. The molecule has 1 N–H and O–H groups in total. The first kappa shape index (κ1) is 21.0. The topological polar surface area (TPSA) is 128 Å². The molecular weight excluding hydrogens is 410 g/mol. The molecule has 1 fully saturated rings. The maximum absolute atomic E-state index is 12.9. The molecular formula is C23H21N5O4. The second kappa shape index (κ2) is 9.27. The van der Waals surface area contributed by atoms with Gasteiger partial charge in [0.1, 0.15) is 11.8 Å². The van der Waals surface area contributed by atoms with Gasteiger partial charge < -0.3 is 23.8 Å². The number of oxazole rings is 1. The molecule has 0 bridgehead atoms. The van der Waals surface area contributed by atoms with Gasteiger partial charge >= 0.3 is 0 Å². The summed E-state index contributed by atoms with van der Waals surface area (Å²) in [5, 5.41) is 21.5. The molecule has 0 radical (unpaired) electrons. The van der Waals surface area contributed by atoms with E-state index in [1.165, 1.54) is 6.26 Å². The lowest BCUT2D eigenvalue weighted by atomic mass is 9.95. The summed E-state index contributed by atoms with van der Waals surface area (Å²) in [6.45, 7) is 3.38. The minimum Gasteiger partial charge on any atom is -0.492 e. The smallest absolute Gasteiger partial charge is 0.266 e. The van der Waals surface area contributed by atoms with Crippen molar-refractivity contribution in [3.63, 3.8) is 0 Å². The van der Waals surface area contributed by atoms with Crippen molar-refractivity contribution in [1.82, 2.24) is 4.98 Å². The number of carbonyl (C=O) groups excluding carboxylic acids is 1. The lowest BCUT2D eigenvalue weighted by Gasteiger charge is -2.31. The third-order valence-electron chi connectivity index (χ3n) is 5.27. The first-order chi connectivity index (χ1) is 15.6. The van der Waals surface area contributed by atoms with Crippen LogP contribution in [-0.2, 0) is 4.79 Å². The molecule has 32 heavy (non-hydrogen) atoms. The first-order valence-electron chi connectivity index (χ1n) is 10.3. The number of nitrogens with zero attached hydrogens (tertiary/aromatic N) is 4. The van der Waals surface area contributed by atoms with Crippen molar-refractivity contribution in [1.29, 1.82) is 10.5 Å². The molecule has 0 spiro atoms. The van der Waals surface area contributed by atoms with Gasteiger partial charge in [-0.3, -0.25) is 4.79 Å². The average Bonchev–Trinajstić information content (AvgIpc) is 3.50. The number of piperidine rings is 1. The van der Waals surface area contributed by atoms with Crippen LogP contribution in [0.5, 0.6) is 5.75 Å². The van der Waals surface area contributed by atoms with Crippen LogP contribution in [0.25, 0.3) is 11.7 Å². The van der Waals surface area contributed by atoms with Gasteiger partial charge in [-0.25, -0.2) is 0 Å². The fourth-order valence-corrected chi connectivity index (χ4v) is 3.66. The number of amides is 1. The minimum absolute atomic E-state index is 0.130. The number of rotatable bonds is 6. The Morgan fingerprint density at radius 2 is 2.09 bits per heavy atom. The molecule has 1 aromatic carbocycles. The van der Waals surface area contributed by atoms with Crippen molar-refractivity contribution in [3.8, 4) is 29.5 Å². The highest BCUT2D eigenvalue weighted by Crippen LogP contribution is 2.32. The Morgan fingerprint density at radius 1 is 1.28 bits per heavy atom. The highest BCUT2D eigenvalue weighted by atomic mass is 16.5. The van der Waals surface area contributed by atoms with Crippen LogP contribution >= 0.6 is 0 Å². The summed E-state index contributed by atoms with van der Waals surface area (Å²) in [6, 6.07) is 12.5. The Labute approximate surface area is 184 Å². The van der Waals surface area contributed by atoms with Gasteiger partial charge in [-0.2, -0.15) is 15.5 Å². The number of hydrogen-bond donors (Lipinski definition) is 1. The third-order valence-corrected chi connectivity index (χ3v) is 5.27. The van der Waals surface area contributed by atoms with E-state index in [1.54, 1.807) is 30.3 Å². The monoisotopic (exact) mass is 431 g/mol.